The Labute approximate surface area is 121 Å². The van der Waals surface area contributed by atoms with E-state index in [0.717, 1.165) is 12.1 Å². The summed E-state index contributed by atoms with van der Waals surface area (Å²) in [7, 11) is 0. The number of nitrogens with one attached hydrogen (secondary N) is 1. The molecule has 7 heteroatoms. The van der Waals surface area contributed by atoms with Gasteiger partial charge >= 0.3 is 6.18 Å². The van der Waals surface area contributed by atoms with E-state index in [0.29, 0.717) is 0 Å². The number of anilines is 1. The van der Waals surface area contributed by atoms with Crippen LogP contribution >= 0.6 is 0 Å². The lowest BCUT2D eigenvalue weighted by Crippen LogP contribution is -2.41. The van der Waals surface area contributed by atoms with E-state index in [2.05, 4.69) is 5.32 Å². The molecule has 0 saturated carbocycles. The maximum absolute atomic E-state index is 12.7. The standard InChI is InChI=1S/C14H19F3N2O2/c1-7(2)11(6-20)19-13(21)9-4-5-10(14(15,16)17)8(3)12(9)18/h4-5,7,11,20H,6,18H2,1-3H3,(H,19,21)/t11-/m1/s1. The summed E-state index contributed by atoms with van der Waals surface area (Å²) in [5, 5.41) is 11.7. The Balaban J connectivity index is 3.10. The lowest BCUT2D eigenvalue weighted by molar-refractivity contribution is -0.138. The van der Waals surface area contributed by atoms with Crippen LogP contribution in [0.15, 0.2) is 12.1 Å². The number of aliphatic hydroxyl groups is 1. The highest BCUT2D eigenvalue weighted by molar-refractivity contribution is 6.00. The number of hydrogen-bond donors (Lipinski definition) is 3. The fraction of sp³-hybridized carbons (Fsp3) is 0.500. The topological polar surface area (TPSA) is 75.3 Å². The molecular weight excluding hydrogens is 285 g/mol. The Morgan fingerprint density at radius 3 is 2.38 bits per heavy atom. The average molecular weight is 304 g/mol. The van der Waals surface area contributed by atoms with Crippen LogP contribution in [0.5, 0.6) is 0 Å². The van der Waals surface area contributed by atoms with Crippen LogP contribution in [0, 0.1) is 12.8 Å². The molecule has 0 bridgehead atoms. The molecule has 0 aliphatic carbocycles. The van der Waals surface area contributed by atoms with Gasteiger partial charge in [0.1, 0.15) is 0 Å². The number of carbonyl (C=O) groups excluding carboxylic acids is 1. The summed E-state index contributed by atoms with van der Waals surface area (Å²) < 4.78 is 38.2. The molecule has 0 fully saturated rings. The van der Waals surface area contributed by atoms with Crippen LogP contribution in [0.3, 0.4) is 0 Å². The molecule has 1 amide bonds. The zero-order chi connectivity index (χ0) is 16.4. The van der Waals surface area contributed by atoms with Crippen LogP contribution in [0.2, 0.25) is 0 Å². The second-order valence-electron chi connectivity index (χ2n) is 5.20. The number of hydrogen-bond acceptors (Lipinski definition) is 3. The molecule has 0 radical (unpaired) electrons. The van der Waals surface area contributed by atoms with E-state index < -0.39 is 23.7 Å². The lowest BCUT2D eigenvalue weighted by Gasteiger charge is -2.21. The molecule has 1 aromatic rings. The van der Waals surface area contributed by atoms with Crippen LogP contribution in [-0.4, -0.2) is 23.7 Å². The van der Waals surface area contributed by atoms with Crippen molar-refractivity contribution >= 4 is 11.6 Å². The molecule has 1 atom stereocenters. The van der Waals surface area contributed by atoms with Crippen LogP contribution < -0.4 is 11.1 Å². The number of alkyl halides is 3. The molecule has 0 spiro atoms. The van der Waals surface area contributed by atoms with Gasteiger partial charge in [-0.15, -0.1) is 0 Å². The largest absolute Gasteiger partial charge is 0.416 e. The fourth-order valence-electron chi connectivity index (χ4n) is 1.90. The van der Waals surface area contributed by atoms with Crippen molar-refractivity contribution in [1.29, 1.82) is 0 Å². The third-order valence-electron chi connectivity index (χ3n) is 3.38. The molecule has 1 aromatic carbocycles. The van der Waals surface area contributed by atoms with Crippen LogP contribution in [0.25, 0.3) is 0 Å². The molecule has 4 N–H and O–H groups in total. The van der Waals surface area contributed by atoms with Gasteiger partial charge in [-0.25, -0.2) is 0 Å². The summed E-state index contributed by atoms with van der Waals surface area (Å²) in [6, 6.07) is 1.40. The molecule has 0 saturated heterocycles. The fourth-order valence-corrected chi connectivity index (χ4v) is 1.90. The van der Waals surface area contributed by atoms with Gasteiger partial charge in [-0.05, 0) is 30.5 Å². The summed E-state index contributed by atoms with van der Waals surface area (Å²) in [4.78, 5) is 12.1. The van der Waals surface area contributed by atoms with Crippen molar-refractivity contribution < 1.29 is 23.1 Å². The first-order valence-electron chi connectivity index (χ1n) is 6.47. The molecule has 4 nitrogen and oxygen atoms in total. The Hall–Kier alpha value is -1.76. The number of nitrogen functional groups attached to an aromatic ring is 1. The number of amides is 1. The minimum atomic E-state index is -4.52. The Bertz CT molecular complexity index is 528. The molecule has 0 heterocycles. The van der Waals surface area contributed by atoms with Gasteiger partial charge < -0.3 is 16.2 Å². The summed E-state index contributed by atoms with van der Waals surface area (Å²) in [6.07, 6.45) is -4.52. The van der Waals surface area contributed by atoms with Crippen molar-refractivity contribution in [2.75, 3.05) is 12.3 Å². The second kappa shape index (κ2) is 6.34. The first kappa shape index (κ1) is 17.3. The molecule has 118 valence electrons. The van der Waals surface area contributed by atoms with Crippen LogP contribution in [-0.2, 0) is 6.18 Å². The Kier molecular flexibility index (Phi) is 5.22. The van der Waals surface area contributed by atoms with Gasteiger partial charge in [-0.1, -0.05) is 13.8 Å². The van der Waals surface area contributed by atoms with E-state index in [1.54, 1.807) is 0 Å². The highest BCUT2D eigenvalue weighted by Gasteiger charge is 2.34. The highest BCUT2D eigenvalue weighted by atomic mass is 19.4. The molecule has 0 aliphatic heterocycles. The zero-order valence-corrected chi connectivity index (χ0v) is 12.1. The number of rotatable bonds is 4. The summed E-state index contributed by atoms with van der Waals surface area (Å²) in [5.41, 5.74) is 4.37. The van der Waals surface area contributed by atoms with Crippen molar-refractivity contribution in [2.45, 2.75) is 33.0 Å². The first-order valence-corrected chi connectivity index (χ1v) is 6.47. The number of halogens is 3. The molecule has 21 heavy (non-hydrogen) atoms. The minimum Gasteiger partial charge on any atom is -0.398 e. The quantitative estimate of drug-likeness (QED) is 0.747. The van der Waals surface area contributed by atoms with Crippen molar-refractivity contribution in [3.8, 4) is 0 Å². The molecule has 1 rings (SSSR count). The zero-order valence-electron chi connectivity index (χ0n) is 12.1. The van der Waals surface area contributed by atoms with Crippen LogP contribution in [0.4, 0.5) is 18.9 Å². The van der Waals surface area contributed by atoms with Gasteiger partial charge in [0, 0.05) is 5.69 Å². The van der Waals surface area contributed by atoms with Gasteiger partial charge in [0.05, 0.1) is 23.8 Å². The predicted octanol–water partition coefficient (Wildman–Crippen LogP) is 2.34. The second-order valence-corrected chi connectivity index (χ2v) is 5.20. The van der Waals surface area contributed by atoms with Gasteiger partial charge in [0.25, 0.3) is 5.91 Å². The van der Waals surface area contributed by atoms with Gasteiger partial charge in [-0.2, -0.15) is 13.2 Å². The van der Waals surface area contributed by atoms with Crippen molar-refractivity contribution in [3.05, 3.63) is 28.8 Å². The third-order valence-corrected chi connectivity index (χ3v) is 3.38. The van der Waals surface area contributed by atoms with Crippen molar-refractivity contribution in [3.63, 3.8) is 0 Å². The number of aliphatic hydroxyl groups excluding tert-OH is 1. The van der Waals surface area contributed by atoms with E-state index in [1.165, 1.54) is 6.92 Å². The Morgan fingerprint density at radius 1 is 1.38 bits per heavy atom. The first-order chi connectivity index (χ1) is 9.59. The number of carbonyl (C=O) groups is 1. The van der Waals surface area contributed by atoms with Gasteiger partial charge in [0.2, 0.25) is 0 Å². The van der Waals surface area contributed by atoms with E-state index in [9.17, 15) is 23.1 Å². The minimum absolute atomic E-state index is 0.0179. The smallest absolute Gasteiger partial charge is 0.398 e. The van der Waals surface area contributed by atoms with Crippen molar-refractivity contribution in [1.82, 2.24) is 5.32 Å². The maximum atomic E-state index is 12.7. The SMILES string of the molecule is Cc1c(C(F)(F)F)ccc(C(=O)N[C@H](CO)C(C)C)c1N. The van der Waals surface area contributed by atoms with E-state index >= 15 is 0 Å². The maximum Gasteiger partial charge on any atom is 0.416 e. The summed E-state index contributed by atoms with van der Waals surface area (Å²) >= 11 is 0. The van der Waals surface area contributed by atoms with Crippen molar-refractivity contribution in [2.24, 2.45) is 5.92 Å². The Morgan fingerprint density at radius 2 is 1.95 bits per heavy atom. The average Bonchev–Trinajstić information content (AvgIpc) is 2.36. The lowest BCUT2D eigenvalue weighted by atomic mass is 10.00. The normalized spacial score (nSPS) is 13.3. The number of nitrogens with two attached hydrogens (primary N) is 1. The summed E-state index contributed by atoms with van der Waals surface area (Å²) in [5.74, 6) is -0.618. The molecule has 0 unspecified atom stereocenters. The third kappa shape index (κ3) is 3.87. The van der Waals surface area contributed by atoms with Gasteiger partial charge in [0.15, 0.2) is 0 Å². The molecular formula is C14H19F3N2O2. The molecule has 0 aliphatic rings. The van der Waals surface area contributed by atoms with E-state index in [1.807, 2.05) is 13.8 Å². The van der Waals surface area contributed by atoms with Crippen LogP contribution in [0.1, 0.15) is 35.3 Å². The number of benzene rings is 1. The van der Waals surface area contributed by atoms with E-state index in [4.69, 9.17) is 5.73 Å². The van der Waals surface area contributed by atoms with Gasteiger partial charge in [-0.3, -0.25) is 4.79 Å². The monoisotopic (exact) mass is 304 g/mol. The molecule has 0 aromatic heterocycles. The highest BCUT2D eigenvalue weighted by Crippen LogP contribution is 2.35. The van der Waals surface area contributed by atoms with E-state index in [-0.39, 0.29) is 29.3 Å². The predicted molar refractivity (Wildman–Crippen MR) is 73.8 cm³/mol. The summed E-state index contributed by atoms with van der Waals surface area (Å²) in [6.45, 7) is 4.58.